The maximum atomic E-state index is 13.3. The summed E-state index contributed by atoms with van der Waals surface area (Å²) in [5.74, 6) is 0.000503. The predicted octanol–water partition coefficient (Wildman–Crippen LogP) is 4.32. The van der Waals surface area contributed by atoms with E-state index in [9.17, 15) is 8.78 Å². The molecule has 0 amide bonds. The van der Waals surface area contributed by atoms with Crippen LogP contribution >= 0.6 is 0 Å². The monoisotopic (exact) mass is 411 g/mol. The maximum absolute atomic E-state index is 13.3. The Morgan fingerprint density at radius 1 is 0.900 bits per heavy atom. The first-order valence-corrected chi connectivity index (χ1v) is 10.4. The third-order valence-electron chi connectivity index (χ3n) is 5.69. The van der Waals surface area contributed by atoms with Gasteiger partial charge in [-0.25, -0.2) is 18.7 Å². The molecule has 1 saturated heterocycles. The van der Waals surface area contributed by atoms with Gasteiger partial charge in [0.05, 0.1) is 5.52 Å². The number of nitrogens with one attached hydrogen (secondary N) is 1. The Kier molecular flexibility index (Phi) is 6.50. The third kappa shape index (κ3) is 4.74. The van der Waals surface area contributed by atoms with Gasteiger partial charge in [0.2, 0.25) is 0 Å². The van der Waals surface area contributed by atoms with Crippen molar-refractivity contribution in [1.82, 2.24) is 19.8 Å². The van der Waals surface area contributed by atoms with Crippen molar-refractivity contribution < 1.29 is 8.78 Å². The molecule has 2 heterocycles. The standard InChI is InChI=1S/C23H27F2N5/c1-2-29-11-13-30(14-12-29)16-18-8-4-3-7-17(18)15-26-22-19-9-5-6-10-20(19)27-23(28-22)21(24)25/h3-10,21H,2,11-16H2,1H3,(H,26,27,28). The highest BCUT2D eigenvalue weighted by Gasteiger charge is 2.18. The highest BCUT2D eigenvalue weighted by atomic mass is 19.3. The van der Waals surface area contributed by atoms with Gasteiger partial charge < -0.3 is 10.2 Å². The number of anilines is 1. The van der Waals surface area contributed by atoms with Gasteiger partial charge in [-0.1, -0.05) is 43.3 Å². The second-order valence-corrected chi connectivity index (χ2v) is 7.58. The largest absolute Gasteiger partial charge is 0.365 e. The van der Waals surface area contributed by atoms with E-state index in [2.05, 4.69) is 50.2 Å². The minimum atomic E-state index is -2.70. The van der Waals surface area contributed by atoms with Crippen molar-refractivity contribution in [2.24, 2.45) is 0 Å². The number of hydrogen-bond acceptors (Lipinski definition) is 5. The molecule has 4 rings (SSSR count). The second kappa shape index (κ2) is 9.45. The first kappa shape index (κ1) is 20.6. The van der Waals surface area contributed by atoms with E-state index in [1.807, 2.05) is 18.2 Å². The summed E-state index contributed by atoms with van der Waals surface area (Å²) >= 11 is 0. The van der Waals surface area contributed by atoms with E-state index < -0.39 is 12.2 Å². The van der Waals surface area contributed by atoms with Gasteiger partial charge in [-0.2, -0.15) is 0 Å². The average molecular weight is 412 g/mol. The molecule has 1 N–H and O–H groups in total. The zero-order valence-electron chi connectivity index (χ0n) is 17.2. The van der Waals surface area contributed by atoms with E-state index in [4.69, 9.17) is 0 Å². The van der Waals surface area contributed by atoms with Crippen molar-refractivity contribution in [3.63, 3.8) is 0 Å². The molecule has 1 aromatic heterocycles. The summed E-state index contributed by atoms with van der Waals surface area (Å²) in [4.78, 5) is 13.0. The van der Waals surface area contributed by atoms with Crippen LogP contribution in [0.1, 0.15) is 30.3 Å². The Bertz CT molecular complexity index is 986. The van der Waals surface area contributed by atoms with Crippen molar-refractivity contribution in [3.05, 3.63) is 65.5 Å². The van der Waals surface area contributed by atoms with Crippen LogP contribution < -0.4 is 5.32 Å². The molecule has 1 aliphatic rings. The number of rotatable bonds is 7. The molecule has 0 aliphatic carbocycles. The molecular weight excluding hydrogens is 384 g/mol. The first-order chi connectivity index (χ1) is 14.6. The number of nitrogens with zero attached hydrogens (tertiary/aromatic N) is 4. The summed E-state index contributed by atoms with van der Waals surface area (Å²) in [5.41, 5.74) is 2.92. The van der Waals surface area contributed by atoms with Gasteiger partial charge in [0.25, 0.3) is 6.43 Å². The molecule has 30 heavy (non-hydrogen) atoms. The first-order valence-electron chi connectivity index (χ1n) is 10.4. The lowest BCUT2D eigenvalue weighted by molar-refractivity contribution is 0.131. The topological polar surface area (TPSA) is 44.3 Å². The van der Waals surface area contributed by atoms with Crippen LogP contribution in [0.3, 0.4) is 0 Å². The number of likely N-dealkylation sites (N-methyl/N-ethyl adjacent to an activating group) is 1. The fourth-order valence-electron chi connectivity index (χ4n) is 3.89. The van der Waals surface area contributed by atoms with Crippen LogP contribution in [0, 0.1) is 0 Å². The molecule has 2 aromatic carbocycles. The Morgan fingerprint density at radius 2 is 1.57 bits per heavy atom. The van der Waals surface area contributed by atoms with Crippen LogP contribution in [0.4, 0.5) is 14.6 Å². The molecule has 3 aromatic rings. The quantitative estimate of drug-likeness (QED) is 0.627. The lowest BCUT2D eigenvalue weighted by Gasteiger charge is -2.34. The summed E-state index contributed by atoms with van der Waals surface area (Å²) in [6.07, 6.45) is -2.70. The van der Waals surface area contributed by atoms with E-state index in [0.717, 1.165) is 50.2 Å². The maximum Gasteiger partial charge on any atom is 0.297 e. The molecular formula is C23H27F2N5. The van der Waals surface area contributed by atoms with E-state index >= 15 is 0 Å². The summed E-state index contributed by atoms with van der Waals surface area (Å²) in [7, 11) is 0. The summed E-state index contributed by atoms with van der Waals surface area (Å²) in [6, 6.07) is 15.5. The van der Waals surface area contributed by atoms with Crippen molar-refractivity contribution in [3.8, 4) is 0 Å². The Morgan fingerprint density at radius 3 is 2.30 bits per heavy atom. The highest BCUT2D eigenvalue weighted by molar-refractivity contribution is 5.89. The van der Waals surface area contributed by atoms with Gasteiger partial charge >= 0.3 is 0 Å². The fraction of sp³-hybridized carbons (Fsp3) is 0.391. The van der Waals surface area contributed by atoms with Gasteiger partial charge in [-0.3, -0.25) is 4.90 Å². The van der Waals surface area contributed by atoms with Crippen LogP contribution in [0.2, 0.25) is 0 Å². The molecule has 0 atom stereocenters. The van der Waals surface area contributed by atoms with Crippen LogP contribution in [0.5, 0.6) is 0 Å². The van der Waals surface area contributed by atoms with Gasteiger partial charge in [-0.05, 0) is 29.8 Å². The molecule has 158 valence electrons. The fourth-order valence-corrected chi connectivity index (χ4v) is 3.89. The number of alkyl halides is 2. The lowest BCUT2D eigenvalue weighted by Crippen LogP contribution is -2.45. The minimum absolute atomic E-state index is 0.446. The predicted molar refractivity (Wildman–Crippen MR) is 116 cm³/mol. The van der Waals surface area contributed by atoms with Crippen LogP contribution in [-0.2, 0) is 13.1 Å². The summed E-state index contributed by atoms with van der Waals surface area (Å²) in [5, 5.41) is 4.03. The number of para-hydroxylation sites is 1. The molecule has 1 aliphatic heterocycles. The van der Waals surface area contributed by atoms with Gasteiger partial charge in [0.15, 0.2) is 5.82 Å². The van der Waals surface area contributed by atoms with E-state index in [1.54, 1.807) is 12.1 Å². The molecule has 7 heteroatoms. The smallest absolute Gasteiger partial charge is 0.297 e. The molecule has 0 unspecified atom stereocenters. The van der Waals surface area contributed by atoms with Crippen molar-refractivity contribution in [2.45, 2.75) is 26.4 Å². The number of aromatic nitrogens is 2. The molecule has 0 saturated carbocycles. The normalized spacial score (nSPS) is 15.7. The number of piperazine rings is 1. The van der Waals surface area contributed by atoms with Crippen molar-refractivity contribution >= 4 is 16.7 Å². The average Bonchev–Trinajstić information content (AvgIpc) is 2.78. The van der Waals surface area contributed by atoms with Crippen LogP contribution in [-0.4, -0.2) is 52.5 Å². The molecule has 0 radical (unpaired) electrons. The van der Waals surface area contributed by atoms with E-state index in [0.29, 0.717) is 17.9 Å². The lowest BCUT2D eigenvalue weighted by atomic mass is 10.1. The second-order valence-electron chi connectivity index (χ2n) is 7.58. The number of halogens is 2. The van der Waals surface area contributed by atoms with E-state index in [1.165, 1.54) is 5.56 Å². The van der Waals surface area contributed by atoms with Gasteiger partial charge in [0.1, 0.15) is 5.82 Å². The van der Waals surface area contributed by atoms with Crippen molar-refractivity contribution in [2.75, 3.05) is 38.0 Å². The molecule has 1 fully saturated rings. The van der Waals surface area contributed by atoms with E-state index in [-0.39, 0.29) is 0 Å². The number of fused-ring (bicyclic) bond motifs is 1. The highest BCUT2D eigenvalue weighted by Crippen LogP contribution is 2.25. The number of hydrogen-bond donors (Lipinski definition) is 1. The SMILES string of the molecule is CCN1CCN(Cc2ccccc2CNc2nc(C(F)F)nc3ccccc23)CC1. The zero-order valence-corrected chi connectivity index (χ0v) is 17.2. The summed E-state index contributed by atoms with van der Waals surface area (Å²) in [6.45, 7) is 9.03. The Labute approximate surface area is 175 Å². The Balaban J connectivity index is 1.51. The molecule has 0 spiro atoms. The third-order valence-corrected chi connectivity index (χ3v) is 5.69. The van der Waals surface area contributed by atoms with Crippen LogP contribution in [0.25, 0.3) is 10.9 Å². The summed E-state index contributed by atoms with van der Waals surface area (Å²) < 4.78 is 26.5. The number of benzene rings is 2. The minimum Gasteiger partial charge on any atom is -0.365 e. The molecule has 5 nitrogen and oxygen atoms in total. The van der Waals surface area contributed by atoms with Gasteiger partial charge in [-0.15, -0.1) is 0 Å². The van der Waals surface area contributed by atoms with Crippen molar-refractivity contribution in [1.29, 1.82) is 0 Å². The Hall–Kier alpha value is -2.64. The molecule has 0 bridgehead atoms. The zero-order chi connectivity index (χ0) is 20.9. The van der Waals surface area contributed by atoms with Crippen LogP contribution in [0.15, 0.2) is 48.5 Å². The van der Waals surface area contributed by atoms with Gasteiger partial charge in [0, 0.05) is 44.7 Å².